The van der Waals surface area contributed by atoms with E-state index in [1.807, 2.05) is 6.20 Å². The molecule has 0 saturated heterocycles. The second-order valence-corrected chi connectivity index (χ2v) is 4.91. The molecule has 0 fully saturated rings. The summed E-state index contributed by atoms with van der Waals surface area (Å²) in [5.74, 6) is 0. The predicted molar refractivity (Wildman–Crippen MR) is 77.3 cm³/mol. The quantitative estimate of drug-likeness (QED) is 0.926. The molecule has 0 aliphatic carbocycles. The molecule has 4 nitrogen and oxygen atoms in total. The van der Waals surface area contributed by atoms with Crippen molar-refractivity contribution in [1.82, 2.24) is 15.3 Å². The zero-order valence-corrected chi connectivity index (χ0v) is 11.6. The maximum absolute atomic E-state index is 6.04. The van der Waals surface area contributed by atoms with Gasteiger partial charge in [0, 0.05) is 12.4 Å². The Kier molecular flexibility index (Phi) is 4.04. The van der Waals surface area contributed by atoms with Crippen LogP contribution in [0.15, 0.2) is 42.9 Å². The van der Waals surface area contributed by atoms with Crippen molar-refractivity contribution in [2.24, 2.45) is 0 Å². The molecule has 2 heterocycles. The summed E-state index contributed by atoms with van der Waals surface area (Å²) in [7, 11) is 0. The molecule has 2 atom stereocenters. The van der Waals surface area contributed by atoms with Gasteiger partial charge in [0.2, 0.25) is 0 Å². The maximum Gasteiger partial charge on any atom is 0.104 e. The van der Waals surface area contributed by atoms with Gasteiger partial charge < -0.3 is 10.1 Å². The lowest BCUT2D eigenvalue weighted by atomic mass is 9.92. The van der Waals surface area contributed by atoms with Crippen molar-refractivity contribution in [3.63, 3.8) is 0 Å². The molecule has 104 valence electrons. The molecule has 1 N–H and O–H groups in total. The Labute approximate surface area is 119 Å². The highest BCUT2D eigenvalue weighted by Crippen LogP contribution is 2.35. The zero-order valence-electron chi connectivity index (χ0n) is 11.6. The van der Waals surface area contributed by atoms with Crippen molar-refractivity contribution in [1.29, 1.82) is 0 Å². The lowest BCUT2D eigenvalue weighted by Crippen LogP contribution is -2.32. The van der Waals surface area contributed by atoms with E-state index >= 15 is 0 Å². The van der Waals surface area contributed by atoms with E-state index in [4.69, 9.17) is 4.74 Å². The molecule has 2 aromatic rings. The molecular weight excluding hydrogens is 250 g/mol. The number of fused-ring (bicyclic) bond motifs is 1. The summed E-state index contributed by atoms with van der Waals surface area (Å²) in [6.07, 6.45) is 6.22. The van der Waals surface area contributed by atoms with Crippen LogP contribution in [0.5, 0.6) is 0 Å². The first-order chi connectivity index (χ1) is 9.90. The monoisotopic (exact) mass is 269 g/mol. The van der Waals surface area contributed by atoms with Gasteiger partial charge in [-0.1, -0.05) is 31.2 Å². The van der Waals surface area contributed by atoms with Crippen LogP contribution in [0.4, 0.5) is 0 Å². The number of aromatic nitrogens is 2. The number of ether oxygens (including phenoxy) is 1. The number of rotatable bonds is 4. The molecule has 0 saturated carbocycles. The van der Waals surface area contributed by atoms with Gasteiger partial charge >= 0.3 is 0 Å². The van der Waals surface area contributed by atoms with Crippen LogP contribution in [0, 0.1) is 0 Å². The third-order valence-corrected chi connectivity index (χ3v) is 3.66. The van der Waals surface area contributed by atoms with Crippen molar-refractivity contribution in [3.8, 4) is 0 Å². The molecular formula is C16H19N3O. The second-order valence-electron chi connectivity index (χ2n) is 4.91. The summed E-state index contributed by atoms with van der Waals surface area (Å²) >= 11 is 0. The first-order valence-electron chi connectivity index (χ1n) is 7.09. The van der Waals surface area contributed by atoms with E-state index in [9.17, 15) is 0 Å². The lowest BCUT2D eigenvalue weighted by molar-refractivity contribution is 0.0140. The highest BCUT2D eigenvalue weighted by atomic mass is 16.5. The molecule has 0 spiro atoms. The number of hydrogen-bond acceptors (Lipinski definition) is 4. The van der Waals surface area contributed by atoms with Crippen LogP contribution >= 0.6 is 0 Å². The third kappa shape index (κ3) is 2.57. The molecule has 2 unspecified atom stereocenters. The van der Waals surface area contributed by atoms with E-state index in [0.29, 0.717) is 0 Å². The fraction of sp³-hybridized carbons (Fsp3) is 0.375. The molecule has 20 heavy (non-hydrogen) atoms. The average molecular weight is 269 g/mol. The fourth-order valence-corrected chi connectivity index (χ4v) is 2.76. The number of likely N-dealkylation sites (N-methyl/N-ethyl adjacent to an activating group) is 1. The molecule has 1 aromatic carbocycles. The van der Waals surface area contributed by atoms with E-state index in [2.05, 4.69) is 46.5 Å². The zero-order chi connectivity index (χ0) is 13.8. The summed E-state index contributed by atoms with van der Waals surface area (Å²) in [5, 5.41) is 3.48. The van der Waals surface area contributed by atoms with Crippen molar-refractivity contribution in [2.45, 2.75) is 25.5 Å². The van der Waals surface area contributed by atoms with Crippen LogP contribution in [-0.4, -0.2) is 23.1 Å². The number of hydrogen-bond donors (Lipinski definition) is 1. The highest BCUT2D eigenvalue weighted by molar-refractivity contribution is 5.33. The van der Waals surface area contributed by atoms with E-state index in [0.717, 1.165) is 25.3 Å². The summed E-state index contributed by atoms with van der Waals surface area (Å²) in [5.41, 5.74) is 3.56. The SMILES string of the molecule is CCNC(c1cnccn1)C1OCCc2ccccc21. The van der Waals surface area contributed by atoms with Crippen molar-refractivity contribution in [3.05, 3.63) is 59.7 Å². The van der Waals surface area contributed by atoms with E-state index < -0.39 is 0 Å². The summed E-state index contributed by atoms with van der Waals surface area (Å²) < 4.78 is 6.04. The number of nitrogens with zero attached hydrogens (tertiary/aromatic N) is 2. The van der Waals surface area contributed by atoms with Crippen molar-refractivity contribution >= 4 is 0 Å². The molecule has 1 aliphatic heterocycles. The van der Waals surface area contributed by atoms with Gasteiger partial charge in [0.1, 0.15) is 6.10 Å². The molecule has 4 heteroatoms. The molecule has 0 radical (unpaired) electrons. The largest absolute Gasteiger partial charge is 0.371 e. The van der Waals surface area contributed by atoms with Gasteiger partial charge in [-0.15, -0.1) is 0 Å². The fourth-order valence-electron chi connectivity index (χ4n) is 2.76. The van der Waals surface area contributed by atoms with E-state index in [1.54, 1.807) is 12.4 Å². The van der Waals surface area contributed by atoms with Crippen LogP contribution in [0.25, 0.3) is 0 Å². The van der Waals surface area contributed by atoms with Gasteiger partial charge in [0.25, 0.3) is 0 Å². The van der Waals surface area contributed by atoms with Gasteiger partial charge in [-0.05, 0) is 24.1 Å². The molecule has 1 aromatic heterocycles. The van der Waals surface area contributed by atoms with Gasteiger partial charge in [0.15, 0.2) is 0 Å². The van der Waals surface area contributed by atoms with Gasteiger partial charge in [0.05, 0.1) is 24.5 Å². The minimum Gasteiger partial charge on any atom is -0.371 e. The van der Waals surface area contributed by atoms with Crippen molar-refractivity contribution < 1.29 is 4.74 Å². The number of nitrogens with one attached hydrogen (secondary N) is 1. The first kappa shape index (κ1) is 13.2. The van der Waals surface area contributed by atoms with Crippen molar-refractivity contribution in [2.75, 3.05) is 13.2 Å². The molecule has 1 aliphatic rings. The Balaban J connectivity index is 1.97. The van der Waals surface area contributed by atoms with Crippen LogP contribution in [-0.2, 0) is 11.2 Å². The second kappa shape index (κ2) is 6.11. The predicted octanol–water partition coefficient (Wildman–Crippen LogP) is 2.44. The third-order valence-electron chi connectivity index (χ3n) is 3.66. The Bertz CT molecular complexity index is 559. The highest BCUT2D eigenvalue weighted by Gasteiger charge is 2.30. The Morgan fingerprint density at radius 2 is 2.25 bits per heavy atom. The standard InChI is InChI=1S/C16H19N3O/c1-2-18-15(14-11-17-8-9-19-14)16-13-6-4-3-5-12(13)7-10-20-16/h3-6,8-9,11,15-16,18H,2,7,10H2,1H3. The average Bonchev–Trinajstić information content (AvgIpc) is 2.53. The normalized spacial score (nSPS) is 19.4. The van der Waals surface area contributed by atoms with Crippen LogP contribution in [0.1, 0.15) is 35.9 Å². The van der Waals surface area contributed by atoms with E-state index in [-0.39, 0.29) is 12.1 Å². The summed E-state index contributed by atoms with van der Waals surface area (Å²) in [4.78, 5) is 8.62. The van der Waals surface area contributed by atoms with Gasteiger partial charge in [-0.25, -0.2) is 0 Å². The minimum absolute atomic E-state index is 0.00315. The molecule has 0 amide bonds. The summed E-state index contributed by atoms with van der Waals surface area (Å²) in [6, 6.07) is 8.53. The topological polar surface area (TPSA) is 47.0 Å². The molecule has 0 bridgehead atoms. The lowest BCUT2D eigenvalue weighted by Gasteiger charge is -2.32. The van der Waals surface area contributed by atoms with Gasteiger partial charge in [-0.3, -0.25) is 9.97 Å². The Hall–Kier alpha value is -1.78. The smallest absolute Gasteiger partial charge is 0.104 e. The minimum atomic E-state index is -0.00315. The first-order valence-corrected chi connectivity index (χ1v) is 7.09. The molecule has 3 rings (SSSR count). The Morgan fingerprint density at radius 1 is 1.35 bits per heavy atom. The van der Waals surface area contributed by atoms with Gasteiger partial charge in [-0.2, -0.15) is 0 Å². The van der Waals surface area contributed by atoms with E-state index in [1.165, 1.54) is 11.1 Å². The van der Waals surface area contributed by atoms with Crippen LogP contribution in [0.2, 0.25) is 0 Å². The van der Waals surface area contributed by atoms with Crippen LogP contribution < -0.4 is 5.32 Å². The Morgan fingerprint density at radius 3 is 3.05 bits per heavy atom. The summed E-state index contributed by atoms with van der Waals surface area (Å²) in [6.45, 7) is 3.71. The maximum atomic E-state index is 6.04. The number of benzene rings is 1. The van der Waals surface area contributed by atoms with Crippen LogP contribution in [0.3, 0.4) is 0 Å².